The topological polar surface area (TPSA) is 101 Å². The van der Waals surface area contributed by atoms with Crippen LogP contribution in [0.1, 0.15) is 0 Å². The second-order valence-electron chi connectivity index (χ2n) is 0.614. The van der Waals surface area contributed by atoms with E-state index in [-0.39, 0.29) is 11.6 Å². The van der Waals surface area contributed by atoms with Crippen molar-refractivity contribution >= 4 is 23.8 Å². The molecule has 0 aromatic rings. The van der Waals surface area contributed by atoms with Crippen molar-refractivity contribution in [3.8, 4) is 0 Å². The first kappa shape index (κ1) is 10.2. The summed E-state index contributed by atoms with van der Waals surface area (Å²) in [5.74, 6) is 4.66. The van der Waals surface area contributed by atoms with Crippen LogP contribution in [-0.4, -0.2) is 16.7 Å². The number of hydrazine groups is 1. The molecular weight excluding hydrogens is 130 g/mol. The summed E-state index contributed by atoms with van der Waals surface area (Å²) in [6.45, 7) is -0.250. The van der Waals surface area contributed by atoms with Gasteiger partial charge in [-0.15, -0.1) is 0 Å². The average Bonchev–Trinajstić information content (AvgIpc) is 1.69. The highest BCUT2D eigenvalue weighted by Gasteiger charge is 1.66. The van der Waals surface area contributed by atoms with Gasteiger partial charge in [-0.25, -0.2) is 5.84 Å². The van der Waals surface area contributed by atoms with Crippen LogP contribution >= 0.6 is 12.2 Å². The summed E-state index contributed by atoms with van der Waals surface area (Å²) < 4.78 is 0. The lowest BCUT2D eigenvalue weighted by Gasteiger charge is -1.85. The van der Waals surface area contributed by atoms with Crippen LogP contribution in [0, 0.1) is 0 Å². The standard InChI is InChI=1S/CH5N3S.CH2O2/c2-1(5)4-3;2-1-3/h3H2,(H3,2,4,5);1H,(H,2,3). The SMILES string of the molecule is NNC(N)=S.O=CO. The zero-order valence-electron chi connectivity index (χ0n) is 4.00. The van der Waals surface area contributed by atoms with E-state index in [2.05, 4.69) is 18.1 Å². The van der Waals surface area contributed by atoms with Crippen molar-refractivity contribution in [1.82, 2.24) is 5.43 Å². The molecule has 0 aliphatic rings. The fraction of sp³-hybridized carbons (Fsp3) is 0. The lowest BCUT2D eigenvalue weighted by molar-refractivity contribution is -0.122. The Morgan fingerprint density at radius 2 is 2.00 bits per heavy atom. The van der Waals surface area contributed by atoms with Gasteiger partial charge in [-0.1, -0.05) is 0 Å². The molecule has 0 aliphatic heterocycles. The highest BCUT2D eigenvalue weighted by Crippen LogP contribution is 1.40. The van der Waals surface area contributed by atoms with Crippen molar-refractivity contribution in [2.45, 2.75) is 0 Å². The molecule has 0 atom stereocenters. The van der Waals surface area contributed by atoms with E-state index in [1.165, 1.54) is 0 Å². The minimum Gasteiger partial charge on any atom is -0.483 e. The van der Waals surface area contributed by atoms with Gasteiger partial charge < -0.3 is 16.3 Å². The smallest absolute Gasteiger partial charge is 0.290 e. The Hall–Kier alpha value is -0.880. The molecule has 0 aromatic heterocycles. The molecule has 0 radical (unpaired) electrons. The second-order valence-corrected chi connectivity index (χ2v) is 1.05. The van der Waals surface area contributed by atoms with Gasteiger partial charge in [0.15, 0.2) is 5.11 Å². The van der Waals surface area contributed by atoms with Gasteiger partial charge in [-0.2, -0.15) is 0 Å². The van der Waals surface area contributed by atoms with Crippen molar-refractivity contribution in [2.75, 3.05) is 0 Å². The van der Waals surface area contributed by atoms with E-state index in [4.69, 9.17) is 15.6 Å². The molecule has 5 nitrogen and oxygen atoms in total. The third-order valence-electron chi connectivity index (χ3n) is 0.142. The summed E-state index contributed by atoms with van der Waals surface area (Å²) >= 11 is 4.24. The highest BCUT2D eigenvalue weighted by molar-refractivity contribution is 7.80. The Morgan fingerprint density at radius 3 is 2.00 bits per heavy atom. The van der Waals surface area contributed by atoms with Crippen molar-refractivity contribution in [3.05, 3.63) is 0 Å². The molecule has 0 spiro atoms. The van der Waals surface area contributed by atoms with Gasteiger partial charge in [0.25, 0.3) is 6.47 Å². The fourth-order valence-electron chi connectivity index (χ4n) is 0. The van der Waals surface area contributed by atoms with Gasteiger partial charge in [0.1, 0.15) is 0 Å². The zero-order chi connectivity index (χ0) is 6.99. The van der Waals surface area contributed by atoms with Crippen LogP contribution < -0.4 is 17.0 Å². The fourth-order valence-corrected chi connectivity index (χ4v) is 0. The third-order valence-corrected chi connectivity index (χ3v) is 0.260. The molecule has 0 saturated heterocycles. The van der Waals surface area contributed by atoms with Crippen LogP contribution in [0.25, 0.3) is 0 Å². The second kappa shape index (κ2) is 9.45. The lowest BCUT2D eigenvalue weighted by Crippen LogP contribution is -2.34. The van der Waals surface area contributed by atoms with Crippen LogP contribution in [0.5, 0.6) is 0 Å². The summed E-state index contributed by atoms with van der Waals surface area (Å²) in [6, 6.07) is 0. The van der Waals surface area contributed by atoms with E-state index in [1.807, 2.05) is 5.43 Å². The minimum atomic E-state index is -0.250. The highest BCUT2D eigenvalue weighted by atomic mass is 32.1. The largest absolute Gasteiger partial charge is 0.483 e. The average molecular weight is 137 g/mol. The number of nitrogens with one attached hydrogen (secondary N) is 1. The third kappa shape index (κ3) is 69.3. The molecule has 48 valence electrons. The number of hydrogen-bond donors (Lipinski definition) is 4. The van der Waals surface area contributed by atoms with E-state index < -0.39 is 0 Å². The maximum Gasteiger partial charge on any atom is 0.290 e. The van der Waals surface area contributed by atoms with Gasteiger partial charge in [-0.3, -0.25) is 4.79 Å². The summed E-state index contributed by atoms with van der Waals surface area (Å²) in [5.41, 5.74) is 6.82. The van der Waals surface area contributed by atoms with Crippen LogP contribution in [0.3, 0.4) is 0 Å². The Bertz CT molecular complexity index is 75.7. The van der Waals surface area contributed by atoms with Crippen LogP contribution in [0.15, 0.2) is 0 Å². The van der Waals surface area contributed by atoms with Crippen LogP contribution in [0.4, 0.5) is 0 Å². The van der Waals surface area contributed by atoms with Gasteiger partial charge in [-0.05, 0) is 12.2 Å². The lowest BCUT2D eigenvalue weighted by atomic mass is 11.2. The van der Waals surface area contributed by atoms with Crippen molar-refractivity contribution in [2.24, 2.45) is 11.6 Å². The van der Waals surface area contributed by atoms with Gasteiger partial charge in [0.2, 0.25) is 0 Å². The number of hydrogen-bond acceptors (Lipinski definition) is 3. The predicted octanol–water partition coefficient (Wildman–Crippen LogP) is -1.61. The van der Waals surface area contributed by atoms with E-state index in [0.717, 1.165) is 0 Å². The Labute approximate surface area is 51.6 Å². The Morgan fingerprint density at radius 1 is 1.88 bits per heavy atom. The van der Waals surface area contributed by atoms with Gasteiger partial charge in [0.05, 0.1) is 0 Å². The van der Waals surface area contributed by atoms with Gasteiger partial charge >= 0.3 is 0 Å². The summed E-state index contributed by atoms with van der Waals surface area (Å²) in [5, 5.41) is 7.00. The molecule has 6 heteroatoms. The number of rotatable bonds is 0. The summed E-state index contributed by atoms with van der Waals surface area (Å²) in [4.78, 5) is 8.36. The van der Waals surface area contributed by atoms with E-state index in [9.17, 15) is 0 Å². The molecule has 0 fully saturated rings. The van der Waals surface area contributed by atoms with Crippen molar-refractivity contribution < 1.29 is 9.90 Å². The predicted molar refractivity (Wildman–Crippen MR) is 32.8 cm³/mol. The van der Waals surface area contributed by atoms with Gasteiger partial charge in [0, 0.05) is 0 Å². The number of carboxylic acid groups (broad SMARTS) is 1. The van der Waals surface area contributed by atoms with E-state index in [0.29, 0.717) is 0 Å². The van der Waals surface area contributed by atoms with Crippen LogP contribution in [-0.2, 0) is 4.79 Å². The number of thiocarbonyl (C=S) groups is 1. The molecule has 6 N–H and O–H groups in total. The molecular formula is C2H7N3O2S. The summed E-state index contributed by atoms with van der Waals surface area (Å²) in [7, 11) is 0. The van der Waals surface area contributed by atoms with E-state index in [1.54, 1.807) is 0 Å². The molecule has 0 aromatic carbocycles. The molecule has 0 unspecified atom stereocenters. The number of nitrogens with two attached hydrogens (primary N) is 2. The number of carbonyl (C=O) groups is 1. The van der Waals surface area contributed by atoms with Crippen LogP contribution in [0.2, 0.25) is 0 Å². The molecule has 0 bridgehead atoms. The molecule has 0 aliphatic carbocycles. The maximum atomic E-state index is 8.36. The first-order valence-corrected chi connectivity index (χ1v) is 1.93. The molecule has 8 heavy (non-hydrogen) atoms. The maximum absolute atomic E-state index is 8.36. The quantitative estimate of drug-likeness (QED) is 0.139. The first-order valence-electron chi connectivity index (χ1n) is 1.53. The minimum absolute atomic E-state index is 0.116. The normalized spacial score (nSPS) is 5.62. The van der Waals surface area contributed by atoms with Crippen molar-refractivity contribution in [3.63, 3.8) is 0 Å². The monoisotopic (exact) mass is 137 g/mol. The Kier molecular flexibility index (Phi) is 12.0. The zero-order valence-corrected chi connectivity index (χ0v) is 4.81. The van der Waals surface area contributed by atoms with Crippen molar-refractivity contribution in [1.29, 1.82) is 0 Å². The summed E-state index contributed by atoms with van der Waals surface area (Å²) in [6.07, 6.45) is 0. The molecule has 0 saturated carbocycles. The molecule has 0 amide bonds. The molecule has 0 rings (SSSR count). The Balaban J connectivity index is 0. The van der Waals surface area contributed by atoms with E-state index >= 15 is 0 Å². The first-order chi connectivity index (χ1) is 3.68. The molecule has 0 heterocycles.